The Labute approximate surface area is 168 Å². The van der Waals surface area contributed by atoms with Crippen molar-refractivity contribution in [2.24, 2.45) is 4.99 Å². The third kappa shape index (κ3) is 11.3. The second-order valence-corrected chi connectivity index (χ2v) is 5.30. The van der Waals surface area contributed by atoms with Crippen LogP contribution >= 0.6 is 24.0 Å². The molecule has 1 rings (SSSR count). The third-order valence-electron chi connectivity index (χ3n) is 3.43. The van der Waals surface area contributed by atoms with Gasteiger partial charge in [-0.25, -0.2) is 0 Å². The van der Waals surface area contributed by atoms with Crippen LogP contribution in [0.2, 0.25) is 0 Å². The van der Waals surface area contributed by atoms with Crippen molar-refractivity contribution < 1.29 is 9.47 Å². The Bertz CT molecular complexity index is 456. The number of nitrogens with one attached hydrogen (secondary N) is 2. The molecular weight excluding hydrogens is 435 g/mol. The maximum atomic E-state index is 5.51. The zero-order valence-corrected chi connectivity index (χ0v) is 18.0. The minimum absolute atomic E-state index is 0. The maximum absolute atomic E-state index is 5.51. The van der Waals surface area contributed by atoms with E-state index >= 15 is 0 Å². The molecule has 0 unspecified atom stereocenters. The lowest BCUT2D eigenvalue weighted by Crippen LogP contribution is -2.40. The van der Waals surface area contributed by atoms with Crippen LogP contribution in [-0.2, 0) is 22.4 Å². The number of nitrogens with zero attached hydrogens (tertiary/aromatic N) is 4. The molecule has 1 aromatic heterocycles. The number of aromatic nitrogens is 3. The number of aryl methyl sites for hydroxylation is 1. The maximum Gasteiger partial charge on any atom is 0.191 e. The van der Waals surface area contributed by atoms with E-state index in [1.54, 1.807) is 13.4 Å². The van der Waals surface area contributed by atoms with Crippen LogP contribution in [0.1, 0.15) is 32.5 Å². The Balaban J connectivity index is 0.00000576. The van der Waals surface area contributed by atoms with Gasteiger partial charge >= 0.3 is 0 Å². The van der Waals surface area contributed by atoms with Crippen LogP contribution in [0.25, 0.3) is 0 Å². The summed E-state index contributed by atoms with van der Waals surface area (Å²) < 4.78 is 13.0. The molecule has 0 aliphatic rings. The van der Waals surface area contributed by atoms with Crippen LogP contribution in [0.4, 0.5) is 0 Å². The number of hydrogen-bond donors (Lipinski definition) is 2. The first-order valence-electron chi connectivity index (χ1n) is 8.78. The van der Waals surface area contributed by atoms with Gasteiger partial charge < -0.3 is 24.7 Å². The zero-order chi connectivity index (χ0) is 17.5. The molecule has 2 N–H and O–H groups in total. The average Bonchev–Trinajstić information content (AvgIpc) is 3.06. The van der Waals surface area contributed by atoms with E-state index in [1.165, 1.54) is 0 Å². The number of unbranched alkanes of at least 4 members (excludes halogenated alkanes) is 1. The monoisotopic (exact) mass is 468 g/mol. The number of halogens is 1. The lowest BCUT2D eigenvalue weighted by atomic mass is 10.4. The molecule has 8 nitrogen and oxygen atoms in total. The summed E-state index contributed by atoms with van der Waals surface area (Å²) in [4.78, 5) is 4.19. The summed E-state index contributed by atoms with van der Waals surface area (Å²) in [6, 6.07) is 0. The molecule has 0 aromatic carbocycles. The molecule has 0 atom stereocenters. The molecule has 0 spiro atoms. The van der Waals surface area contributed by atoms with Gasteiger partial charge in [0.15, 0.2) is 5.96 Å². The normalized spacial score (nSPS) is 11.2. The number of ether oxygens (including phenoxy) is 2. The van der Waals surface area contributed by atoms with Crippen molar-refractivity contribution in [1.82, 2.24) is 25.4 Å². The molecule has 1 aromatic rings. The molecule has 0 saturated carbocycles. The van der Waals surface area contributed by atoms with Gasteiger partial charge in [-0.15, -0.1) is 34.2 Å². The van der Waals surface area contributed by atoms with Crippen LogP contribution in [0.3, 0.4) is 0 Å². The summed E-state index contributed by atoms with van der Waals surface area (Å²) in [6.07, 6.45) is 4.91. The van der Waals surface area contributed by atoms with Crippen molar-refractivity contribution in [3.05, 3.63) is 12.2 Å². The van der Waals surface area contributed by atoms with Crippen molar-refractivity contribution in [1.29, 1.82) is 0 Å². The molecule has 0 fully saturated rings. The highest BCUT2D eigenvalue weighted by atomic mass is 127. The van der Waals surface area contributed by atoms with E-state index in [2.05, 4.69) is 39.7 Å². The fraction of sp³-hybridized carbons (Fsp3) is 0.812. The van der Waals surface area contributed by atoms with Gasteiger partial charge in [-0.05, 0) is 6.42 Å². The number of rotatable bonds is 13. The summed E-state index contributed by atoms with van der Waals surface area (Å²) in [6.45, 7) is 9.24. The van der Waals surface area contributed by atoms with E-state index in [1.807, 2.05) is 4.57 Å². The predicted octanol–water partition coefficient (Wildman–Crippen LogP) is 1.46. The van der Waals surface area contributed by atoms with Crippen LogP contribution in [0.5, 0.6) is 0 Å². The van der Waals surface area contributed by atoms with Gasteiger partial charge in [0.1, 0.15) is 12.2 Å². The van der Waals surface area contributed by atoms with Crippen molar-refractivity contribution in [2.45, 2.75) is 39.7 Å². The van der Waals surface area contributed by atoms with Gasteiger partial charge in [0, 0.05) is 39.7 Å². The van der Waals surface area contributed by atoms with Gasteiger partial charge in [-0.2, -0.15) is 0 Å². The Morgan fingerprint density at radius 2 is 1.84 bits per heavy atom. The largest absolute Gasteiger partial charge is 0.379 e. The molecule has 25 heavy (non-hydrogen) atoms. The molecule has 1 heterocycles. The smallest absolute Gasteiger partial charge is 0.191 e. The van der Waals surface area contributed by atoms with E-state index in [-0.39, 0.29) is 24.0 Å². The van der Waals surface area contributed by atoms with Gasteiger partial charge in [0.05, 0.1) is 19.8 Å². The van der Waals surface area contributed by atoms with E-state index < -0.39 is 0 Å². The van der Waals surface area contributed by atoms with Crippen LogP contribution in [0, 0.1) is 0 Å². The summed E-state index contributed by atoms with van der Waals surface area (Å²) in [5.41, 5.74) is 0. The van der Waals surface area contributed by atoms with Gasteiger partial charge in [-0.3, -0.25) is 4.99 Å². The van der Waals surface area contributed by atoms with E-state index in [9.17, 15) is 0 Å². The Morgan fingerprint density at radius 1 is 1.12 bits per heavy atom. The quantitative estimate of drug-likeness (QED) is 0.197. The molecule has 0 saturated heterocycles. The van der Waals surface area contributed by atoms with Crippen LogP contribution in [-0.4, -0.2) is 67.3 Å². The van der Waals surface area contributed by atoms with Crippen molar-refractivity contribution in [3.8, 4) is 0 Å². The highest BCUT2D eigenvalue weighted by Gasteiger charge is 2.02. The van der Waals surface area contributed by atoms with Crippen molar-refractivity contribution in [3.63, 3.8) is 0 Å². The number of aliphatic imine (C=N–C) groups is 1. The fourth-order valence-electron chi connectivity index (χ4n) is 2.06. The standard InChI is InChI=1S/C16H32N6O2.HI/c1-4-6-10-23-12-13-24-11-8-19-16(17-3)18-7-9-22-14-20-21-15(22)5-2;/h14H,4-13H2,1-3H3,(H2,17,18,19);1H. The molecule has 0 bridgehead atoms. The lowest BCUT2D eigenvalue weighted by molar-refractivity contribution is 0.0487. The minimum Gasteiger partial charge on any atom is -0.379 e. The average molecular weight is 468 g/mol. The fourth-order valence-corrected chi connectivity index (χ4v) is 2.06. The van der Waals surface area contributed by atoms with E-state index in [0.717, 1.165) is 50.7 Å². The summed E-state index contributed by atoms with van der Waals surface area (Å²) >= 11 is 0. The van der Waals surface area contributed by atoms with E-state index in [4.69, 9.17) is 9.47 Å². The molecule has 9 heteroatoms. The SMILES string of the molecule is CCCCOCCOCCNC(=NC)NCCn1cnnc1CC.I. The van der Waals surface area contributed by atoms with Crippen molar-refractivity contribution in [2.75, 3.05) is 46.6 Å². The Kier molecular flexibility index (Phi) is 15.9. The predicted molar refractivity (Wildman–Crippen MR) is 111 cm³/mol. The summed E-state index contributed by atoms with van der Waals surface area (Å²) in [5, 5.41) is 14.5. The highest BCUT2D eigenvalue weighted by Crippen LogP contribution is 1.94. The molecule has 0 aliphatic carbocycles. The Hall–Kier alpha value is -0.940. The molecular formula is C16H33IN6O2. The molecule has 0 amide bonds. The topological polar surface area (TPSA) is 85.6 Å². The van der Waals surface area contributed by atoms with Crippen molar-refractivity contribution >= 4 is 29.9 Å². The number of hydrogen-bond acceptors (Lipinski definition) is 5. The zero-order valence-electron chi connectivity index (χ0n) is 15.7. The molecule has 0 aliphatic heterocycles. The highest BCUT2D eigenvalue weighted by molar-refractivity contribution is 14.0. The Morgan fingerprint density at radius 3 is 2.52 bits per heavy atom. The molecule has 0 radical (unpaired) electrons. The second-order valence-electron chi connectivity index (χ2n) is 5.30. The lowest BCUT2D eigenvalue weighted by Gasteiger charge is -2.13. The van der Waals surface area contributed by atoms with Crippen LogP contribution < -0.4 is 10.6 Å². The summed E-state index contributed by atoms with van der Waals surface area (Å²) in [5.74, 6) is 1.76. The van der Waals surface area contributed by atoms with Crippen LogP contribution in [0.15, 0.2) is 11.3 Å². The minimum atomic E-state index is 0. The second kappa shape index (κ2) is 16.5. The van der Waals surface area contributed by atoms with Gasteiger partial charge in [-0.1, -0.05) is 20.3 Å². The third-order valence-corrected chi connectivity index (χ3v) is 3.43. The van der Waals surface area contributed by atoms with Gasteiger partial charge in [0.2, 0.25) is 0 Å². The molecule has 146 valence electrons. The summed E-state index contributed by atoms with van der Waals surface area (Å²) in [7, 11) is 1.76. The first-order chi connectivity index (χ1) is 11.8. The first-order valence-corrected chi connectivity index (χ1v) is 8.78. The number of guanidine groups is 1. The van der Waals surface area contributed by atoms with Gasteiger partial charge in [0.25, 0.3) is 0 Å². The first kappa shape index (κ1) is 24.1. The van der Waals surface area contributed by atoms with E-state index in [0.29, 0.717) is 26.4 Å².